The molecule has 6 nitrogen and oxygen atoms in total. The Kier molecular flexibility index (Phi) is 4.86. The fraction of sp³-hybridized carbons (Fsp3) is 0.636. The smallest absolute Gasteiger partial charge is 0.321 e. The van der Waals surface area contributed by atoms with Crippen LogP contribution in [0.4, 0.5) is 4.79 Å². The fourth-order valence-electron chi connectivity index (χ4n) is 5.32. The third-order valence-electron chi connectivity index (χ3n) is 7.22. The molecule has 6 heteroatoms. The molecule has 3 amide bonds. The Bertz CT molecular complexity index is 736. The number of amides is 3. The summed E-state index contributed by atoms with van der Waals surface area (Å²) < 4.78 is 0. The minimum Gasteiger partial charge on any atom is -0.368 e. The van der Waals surface area contributed by atoms with Crippen LogP contribution in [0.1, 0.15) is 44.1 Å². The summed E-state index contributed by atoms with van der Waals surface area (Å²) in [5.74, 6) is 0.198. The second-order valence-electron chi connectivity index (χ2n) is 9.18. The van der Waals surface area contributed by atoms with Crippen LogP contribution in [0.2, 0.25) is 0 Å². The van der Waals surface area contributed by atoms with Gasteiger partial charge in [-0.15, -0.1) is 0 Å². The summed E-state index contributed by atoms with van der Waals surface area (Å²) in [5.41, 5.74) is 6.60. The summed E-state index contributed by atoms with van der Waals surface area (Å²) in [7, 11) is 4.32. The molecule has 0 unspecified atom stereocenters. The number of carbonyl (C=O) groups is 2. The van der Waals surface area contributed by atoms with Crippen LogP contribution in [-0.4, -0.2) is 65.9 Å². The Morgan fingerprint density at radius 2 is 1.79 bits per heavy atom. The first-order valence-corrected chi connectivity index (χ1v) is 10.4. The van der Waals surface area contributed by atoms with Gasteiger partial charge in [-0.2, -0.15) is 0 Å². The second kappa shape index (κ2) is 7.07. The van der Waals surface area contributed by atoms with Gasteiger partial charge in [0.2, 0.25) is 5.91 Å². The number of rotatable bonds is 6. The number of hydrogen-bond acceptors (Lipinski definition) is 3. The SMILES string of the molecule is CN(C)[C@]1(c2ccccc2)CC[C@@]2(CC1)CN(CC(N)=O)C(=O)N2CC1CC1. The number of nitrogens with zero attached hydrogens (tertiary/aromatic N) is 3. The lowest BCUT2D eigenvalue weighted by Gasteiger charge is -2.51. The molecule has 2 N–H and O–H groups in total. The van der Waals surface area contributed by atoms with Crippen molar-refractivity contribution in [3.8, 4) is 0 Å². The van der Waals surface area contributed by atoms with E-state index in [1.54, 1.807) is 4.90 Å². The van der Waals surface area contributed by atoms with Gasteiger partial charge in [0.15, 0.2) is 0 Å². The molecule has 1 aromatic rings. The first kappa shape index (κ1) is 19.2. The minimum absolute atomic E-state index is 0.00207. The van der Waals surface area contributed by atoms with Crippen LogP contribution < -0.4 is 5.73 Å². The van der Waals surface area contributed by atoms with Gasteiger partial charge in [0.1, 0.15) is 6.54 Å². The quantitative estimate of drug-likeness (QED) is 0.819. The van der Waals surface area contributed by atoms with E-state index in [2.05, 4.69) is 54.2 Å². The van der Waals surface area contributed by atoms with Crippen molar-refractivity contribution in [1.82, 2.24) is 14.7 Å². The van der Waals surface area contributed by atoms with Crippen LogP contribution in [0.25, 0.3) is 0 Å². The molecule has 3 aliphatic rings. The van der Waals surface area contributed by atoms with Gasteiger partial charge in [-0.1, -0.05) is 30.3 Å². The maximum absolute atomic E-state index is 13.1. The van der Waals surface area contributed by atoms with Gasteiger partial charge in [0, 0.05) is 18.6 Å². The normalized spacial score (nSPS) is 30.5. The van der Waals surface area contributed by atoms with E-state index < -0.39 is 5.91 Å². The number of hydrogen-bond donors (Lipinski definition) is 1. The van der Waals surface area contributed by atoms with Gasteiger partial charge in [0.05, 0.1) is 5.54 Å². The molecule has 1 spiro atoms. The zero-order valence-electron chi connectivity index (χ0n) is 17.1. The summed E-state index contributed by atoms with van der Waals surface area (Å²) in [4.78, 5) is 30.7. The summed E-state index contributed by atoms with van der Waals surface area (Å²) >= 11 is 0. The summed E-state index contributed by atoms with van der Waals surface area (Å²) in [6.07, 6.45) is 6.33. The molecule has 2 saturated carbocycles. The van der Waals surface area contributed by atoms with Crippen LogP contribution in [0, 0.1) is 5.92 Å². The largest absolute Gasteiger partial charge is 0.368 e. The molecule has 0 radical (unpaired) electrons. The molecule has 3 fully saturated rings. The Balaban J connectivity index is 1.59. The highest BCUT2D eigenvalue weighted by Crippen LogP contribution is 2.49. The lowest BCUT2D eigenvalue weighted by atomic mass is 9.68. The van der Waals surface area contributed by atoms with Gasteiger partial charge in [-0.3, -0.25) is 9.69 Å². The van der Waals surface area contributed by atoms with E-state index in [1.165, 1.54) is 18.4 Å². The highest BCUT2D eigenvalue weighted by Gasteiger charge is 2.55. The zero-order chi connectivity index (χ0) is 19.9. The molecule has 0 atom stereocenters. The standard InChI is InChI=1S/C22H32N4O2/c1-24(2)22(18-6-4-3-5-7-18)12-10-21(11-13-22)16-25(15-19(23)27)20(28)26(21)14-17-8-9-17/h3-7,17H,8-16H2,1-2H3,(H2,23,27)/t21-,22-. The summed E-state index contributed by atoms with van der Waals surface area (Å²) in [6, 6.07) is 10.7. The topological polar surface area (TPSA) is 69.9 Å². The van der Waals surface area contributed by atoms with Crippen LogP contribution in [-0.2, 0) is 10.3 Å². The van der Waals surface area contributed by atoms with Crippen molar-refractivity contribution in [2.24, 2.45) is 11.7 Å². The average molecular weight is 385 g/mol. The number of urea groups is 1. The Morgan fingerprint density at radius 3 is 2.32 bits per heavy atom. The molecule has 1 aliphatic heterocycles. The van der Waals surface area contributed by atoms with E-state index in [0.717, 1.165) is 32.2 Å². The maximum Gasteiger partial charge on any atom is 0.321 e. The van der Waals surface area contributed by atoms with E-state index in [9.17, 15) is 9.59 Å². The third-order valence-corrected chi connectivity index (χ3v) is 7.22. The molecule has 0 aromatic heterocycles. The summed E-state index contributed by atoms with van der Waals surface area (Å²) in [6.45, 7) is 1.48. The lowest BCUT2D eigenvalue weighted by molar-refractivity contribution is -0.118. The lowest BCUT2D eigenvalue weighted by Crippen LogP contribution is -2.55. The van der Waals surface area contributed by atoms with Crippen molar-refractivity contribution in [2.75, 3.05) is 33.7 Å². The predicted octanol–water partition coefficient (Wildman–Crippen LogP) is 2.39. The van der Waals surface area contributed by atoms with Gasteiger partial charge in [-0.05, 0) is 64.1 Å². The van der Waals surface area contributed by atoms with E-state index >= 15 is 0 Å². The molecule has 1 heterocycles. The molecular weight excluding hydrogens is 352 g/mol. The fourth-order valence-corrected chi connectivity index (χ4v) is 5.32. The highest BCUT2D eigenvalue weighted by atomic mass is 16.2. The van der Waals surface area contributed by atoms with Gasteiger partial charge >= 0.3 is 6.03 Å². The maximum atomic E-state index is 13.1. The average Bonchev–Trinajstić information content (AvgIpc) is 3.46. The van der Waals surface area contributed by atoms with Crippen molar-refractivity contribution in [3.05, 3.63) is 35.9 Å². The Hall–Kier alpha value is -2.08. The Labute approximate surface area is 167 Å². The van der Waals surface area contributed by atoms with Crippen molar-refractivity contribution >= 4 is 11.9 Å². The van der Waals surface area contributed by atoms with E-state index in [4.69, 9.17) is 5.73 Å². The van der Waals surface area contributed by atoms with Crippen molar-refractivity contribution in [3.63, 3.8) is 0 Å². The molecule has 2 aliphatic carbocycles. The number of primary amides is 1. The minimum atomic E-state index is -0.431. The van der Waals surface area contributed by atoms with Crippen molar-refractivity contribution in [1.29, 1.82) is 0 Å². The molecular formula is C22H32N4O2. The van der Waals surface area contributed by atoms with Crippen molar-refractivity contribution < 1.29 is 9.59 Å². The molecule has 1 saturated heterocycles. The molecule has 0 bridgehead atoms. The van der Waals surface area contributed by atoms with Crippen LogP contribution >= 0.6 is 0 Å². The summed E-state index contributed by atoms with van der Waals surface area (Å²) in [5, 5.41) is 0. The highest BCUT2D eigenvalue weighted by molar-refractivity contribution is 5.85. The second-order valence-corrected chi connectivity index (χ2v) is 9.18. The number of carbonyl (C=O) groups excluding carboxylic acids is 2. The van der Waals surface area contributed by atoms with Crippen LogP contribution in [0.15, 0.2) is 30.3 Å². The van der Waals surface area contributed by atoms with Crippen LogP contribution in [0.3, 0.4) is 0 Å². The van der Waals surface area contributed by atoms with Gasteiger partial charge in [-0.25, -0.2) is 4.79 Å². The molecule has 28 heavy (non-hydrogen) atoms. The first-order valence-electron chi connectivity index (χ1n) is 10.4. The monoisotopic (exact) mass is 384 g/mol. The van der Waals surface area contributed by atoms with Gasteiger partial charge in [0.25, 0.3) is 0 Å². The predicted molar refractivity (Wildman–Crippen MR) is 109 cm³/mol. The molecule has 1 aromatic carbocycles. The number of nitrogens with two attached hydrogens (primary N) is 1. The molecule has 4 rings (SSSR count). The van der Waals surface area contributed by atoms with Crippen molar-refractivity contribution in [2.45, 2.75) is 49.6 Å². The van der Waals surface area contributed by atoms with E-state index in [-0.39, 0.29) is 23.7 Å². The van der Waals surface area contributed by atoms with E-state index in [0.29, 0.717) is 12.5 Å². The van der Waals surface area contributed by atoms with Crippen LogP contribution in [0.5, 0.6) is 0 Å². The third kappa shape index (κ3) is 3.28. The van der Waals surface area contributed by atoms with Gasteiger partial charge < -0.3 is 15.5 Å². The molecule has 152 valence electrons. The van der Waals surface area contributed by atoms with E-state index in [1.807, 2.05) is 0 Å². The number of benzene rings is 1. The first-order chi connectivity index (χ1) is 13.4. The zero-order valence-corrected chi connectivity index (χ0v) is 17.1. The Morgan fingerprint density at radius 1 is 1.14 bits per heavy atom.